The van der Waals surface area contributed by atoms with Gasteiger partial charge in [-0.3, -0.25) is 4.79 Å². The van der Waals surface area contributed by atoms with Crippen LogP contribution < -0.4 is 5.32 Å². The van der Waals surface area contributed by atoms with E-state index in [0.717, 1.165) is 12.8 Å². The first-order valence-corrected chi connectivity index (χ1v) is 6.58. The summed E-state index contributed by atoms with van der Waals surface area (Å²) in [7, 11) is 0. The van der Waals surface area contributed by atoms with Crippen LogP contribution in [0.25, 0.3) is 0 Å². The maximum atomic E-state index is 13.0. The van der Waals surface area contributed by atoms with Gasteiger partial charge in [-0.1, -0.05) is 0 Å². The molecule has 1 aromatic heterocycles. The third-order valence-electron chi connectivity index (χ3n) is 3.22. The zero-order valence-corrected chi connectivity index (χ0v) is 11.2. The minimum Gasteiger partial charge on any atom is -0.356 e. The van der Waals surface area contributed by atoms with Gasteiger partial charge in [-0.05, 0) is 25.7 Å². The zero-order valence-electron chi connectivity index (χ0n) is 11.2. The number of carbonyl (C=O) groups is 1. The fraction of sp³-hybridized carbons (Fsp3) is 0.615. The molecule has 1 aliphatic carbocycles. The second-order valence-corrected chi connectivity index (χ2v) is 4.85. The fourth-order valence-electron chi connectivity index (χ4n) is 2.34. The minimum absolute atomic E-state index is 0.145. The van der Waals surface area contributed by atoms with Crippen molar-refractivity contribution in [2.45, 2.75) is 45.2 Å². The van der Waals surface area contributed by atoms with E-state index in [2.05, 4.69) is 15.3 Å². The lowest BCUT2D eigenvalue weighted by Gasteiger charge is -2.20. The molecule has 1 aromatic rings. The van der Waals surface area contributed by atoms with Gasteiger partial charge in [0.05, 0.1) is 0 Å². The van der Waals surface area contributed by atoms with Crippen molar-refractivity contribution in [2.75, 3.05) is 6.54 Å². The summed E-state index contributed by atoms with van der Waals surface area (Å²) < 4.78 is 39.1. The van der Waals surface area contributed by atoms with E-state index >= 15 is 0 Å². The maximum Gasteiger partial charge on any atom is 0.433 e. The number of alkyl halides is 3. The molecule has 110 valence electrons. The Morgan fingerprint density at radius 3 is 2.60 bits per heavy atom. The molecule has 1 N–H and O–H groups in total. The Bertz CT molecular complexity index is 514. The highest BCUT2D eigenvalue weighted by Gasteiger charge is 2.37. The number of aromatic nitrogens is 2. The summed E-state index contributed by atoms with van der Waals surface area (Å²) in [5.74, 6) is -0.0780. The first-order chi connectivity index (χ1) is 9.38. The Labute approximate surface area is 114 Å². The van der Waals surface area contributed by atoms with E-state index in [9.17, 15) is 18.0 Å². The quantitative estimate of drug-likeness (QED) is 0.925. The number of hydrogen-bond donors (Lipinski definition) is 1. The monoisotopic (exact) mass is 287 g/mol. The predicted molar refractivity (Wildman–Crippen MR) is 66.1 cm³/mol. The van der Waals surface area contributed by atoms with Crippen LogP contribution in [0, 0.1) is 0 Å². The van der Waals surface area contributed by atoms with E-state index < -0.39 is 11.9 Å². The standard InChI is InChI=1S/C13H16F3N3O/c1-8(20)17-7-6-11-18-10-5-3-2-4-9(10)12(19-11)13(14,15)16/h2-7H2,1H3,(H,17,20). The van der Waals surface area contributed by atoms with Crippen molar-refractivity contribution >= 4 is 5.91 Å². The van der Waals surface area contributed by atoms with Crippen molar-refractivity contribution in [1.29, 1.82) is 0 Å². The Balaban J connectivity index is 2.28. The molecular weight excluding hydrogens is 271 g/mol. The number of fused-ring (bicyclic) bond motifs is 1. The van der Waals surface area contributed by atoms with Crippen molar-refractivity contribution in [1.82, 2.24) is 15.3 Å². The summed E-state index contributed by atoms with van der Waals surface area (Å²) in [5, 5.41) is 2.53. The summed E-state index contributed by atoms with van der Waals surface area (Å²) in [4.78, 5) is 18.6. The van der Waals surface area contributed by atoms with Gasteiger partial charge in [-0.2, -0.15) is 13.2 Å². The molecule has 0 atom stereocenters. The molecule has 0 radical (unpaired) electrons. The third kappa shape index (κ3) is 3.46. The van der Waals surface area contributed by atoms with E-state index in [4.69, 9.17) is 0 Å². The van der Waals surface area contributed by atoms with Crippen molar-refractivity contribution in [3.05, 3.63) is 22.8 Å². The van der Waals surface area contributed by atoms with Crippen LogP contribution >= 0.6 is 0 Å². The van der Waals surface area contributed by atoms with E-state index in [-0.39, 0.29) is 30.3 Å². The van der Waals surface area contributed by atoms with E-state index in [1.807, 2.05) is 0 Å². The maximum absolute atomic E-state index is 13.0. The second-order valence-electron chi connectivity index (χ2n) is 4.85. The van der Waals surface area contributed by atoms with Crippen molar-refractivity contribution in [3.63, 3.8) is 0 Å². The molecule has 0 spiro atoms. The number of hydrogen-bond acceptors (Lipinski definition) is 3. The summed E-state index contributed by atoms with van der Waals surface area (Å²) in [5.41, 5.74) is -0.0524. The third-order valence-corrected chi connectivity index (χ3v) is 3.22. The number of nitrogens with zero attached hydrogens (tertiary/aromatic N) is 2. The summed E-state index contributed by atoms with van der Waals surface area (Å²) in [6, 6.07) is 0. The average Bonchev–Trinajstić information content (AvgIpc) is 2.36. The van der Waals surface area contributed by atoms with Crippen molar-refractivity contribution in [3.8, 4) is 0 Å². The van der Waals surface area contributed by atoms with Gasteiger partial charge in [0.1, 0.15) is 5.82 Å². The van der Waals surface area contributed by atoms with Crippen molar-refractivity contribution < 1.29 is 18.0 Å². The first kappa shape index (κ1) is 14.7. The molecular formula is C13H16F3N3O. The molecule has 4 nitrogen and oxygen atoms in total. The van der Waals surface area contributed by atoms with Gasteiger partial charge >= 0.3 is 6.18 Å². The van der Waals surface area contributed by atoms with Crippen LogP contribution in [0.15, 0.2) is 0 Å². The van der Waals surface area contributed by atoms with Gasteiger partial charge in [-0.15, -0.1) is 0 Å². The molecule has 20 heavy (non-hydrogen) atoms. The molecule has 7 heteroatoms. The Morgan fingerprint density at radius 1 is 1.25 bits per heavy atom. The molecule has 1 heterocycles. The number of aryl methyl sites for hydroxylation is 1. The molecule has 0 aliphatic heterocycles. The number of carbonyl (C=O) groups excluding carboxylic acids is 1. The lowest BCUT2D eigenvalue weighted by atomic mass is 9.94. The van der Waals surface area contributed by atoms with Crippen LogP contribution in [0.2, 0.25) is 0 Å². The average molecular weight is 287 g/mol. The molecule has 2 rings (SSSR count). The lowest BCUT2D eigenvalue weighted by molar-refractivity contribution is -0.142. The minimum atomic E-state index is -4.45. The molecule has 0 aromatic carbocycles. The van der Waals surface area contributed by atoms with Crippen LogP contribution in [0.1, 0.15) is 42.5 Å². The highest BCUT2D eigenvalue weighted by molar-refractivity contribution is 5.72. The predicted octanol–water partition coefficient (Wildman–Crippen LogP) is 2.05. The first-order valence-electron chi connectivity index (χ1n) is 6.58. The Morgan fingerprint density at radius 2 is 1.95 bits per heavy atom. The van der Waals surface area contributed by atoms with Crippen molar-refractivity contribution in [2.24, 2.45) is 0 Å². The smallest absolute Gasteiger partial charge is 0.356 e. The SMILES string of the molecule is CC(=O)NCCc1nc2c(c(C(F)(F)F)n1)CCCC2. The molecule has 0 saturated heterocycles. The Hall–Kier alpha value is -1.66. The van der Waals surface area contributed by atoms with Crippen LogP contribution in [0.3, 0.4) is 0 Å². The molecule has 1 amide bonds. The van der Waals surface area contributed by atoms with E-state index in [1.165, 1.54) is 6.92 Å². The molecule has 0 bridgehead atoms. The summed E-state index contributed by atoms with van der Waals surface area (Å²) in [6.07, 6.45) is -1.70. The summed E-state index contributed by atoms with van der Waals surface area (Å²) in [6.45, 7) is 1.60. The van der Waals surface area contributed by atoms with Crippen LogP contribution in [0.4, 0.5) is 13.2 Å². The lowest BCUT2D eigenvalue weighted by Crippen LogP contribution is -2.25. The van der Waals surface area contributed by atoms with E-state index in [1.54, 1.807) is 0 Å². The van der Waals surface area contributed by atoms with E-state index in [0.29, 0.717) is 18.5 Å². The highest BCUT2D eigenvalue weighted by Crippen LogP contribution is 2.34. The fourth-order valence-corrected chi connectivity index (χ4v) is 2.34. The molecule has 1 aliphatic rings. The zero-order chi connectivity index (χ0) is 14.8. The molecule has 0 unspecified atom stereocenters. The van der Waals surface area contributed by atoms with Gasteiger partial charge in [-0.25, -0.2) is 9.97 Å². The van der Waals surface area contributed by atoms with Crippen LogP contribution in [0.5, 0.6) is 0 Å². The molecule has 0 fully saturated rings. The normalized spacial score (nSPS) is 14.8. The number of amides is 1. The summed E-state index contributed by atoms with van der Waals surface area (Å²) >= 11 is 0. The van der Waals surface area contributed by atoms with Gasteiger partial charge < -0.3 is 5.32 Å². The van der Waals surface area contributed by atoms with Gasteiger partial charge in [0, 0.05) is 31.1 Å². The molecule has 0 saturated carbocycles. The topological polar surface area (TPSA) is 54.9 Å². The Kier molecular flexibility index (Phi) is 4.25. The largest absolute Gasteiger partial charge is 0.433 e. The number of halogens is 3. The highest BCUT2D eigenvalue weighted by atomic mass is 19.4. The van der Waals surface area contributed by atoms with Gasteiger partial charge in [0.25, 0.3) is 0 Å². The van der Waals surface area contributed by atoms with Gasteiger partial charge in [0.2, 0.25) is 5.91 Å². The number of rotatable bonds is 3. The van der Waals surface area contributed by atoms with Crippen LogP contribution in [-0.2, 0) is 30.2 Å². The van der Waals surface area contributed by atoms with Gasteiger partial charge in [0.15, 0.2) is 5.69 Å². The van der Waals surface area contributed by atoms with Crippen LogP contribution in [-0.4, -0.2) is 22.4 Å². The second kappa shape index (κ2) is 5.76. The number of nitrogens with one attached hydrogen (secondary N) is 1.